The first kappa shape index (κ1) is 15.9. The molecule has 0 aliphatic heterocycles. The van der Waals surface area contributed by atoms with Crippen molar-refractivity contribution in [2.45, 2.75) is 25.8 Å². The van der Waals surface area contributed by atoms with Gasteiger partial charge in [0.1, 0.15) is 11.1 Å². The Morgan fingerprint density at radius 2 is 2.15 bits per heavy atom. The van der Waals surface area contributed by atoms with E-state index in [9.17, 15) is 19.7 Å². The molecule has 2 N–H and O–H groups in total. The molecule has 0 heterocycles. The van der Waals surface area contributed by atoms with Gasteiger partial charge in [0, 0.05) is 11.6 Å². The highest BCUT2D eigenvalue weighted by Gasteiger charge is 2.21. The van der Waals surface area contributed by atoms with E-state index < -0.39 is 22.8 Å². The number of carboxylic acid groups (broad SMARTS) is 1. The number of carboxylic acids is 1. The Kier molecular flexibility index (Phi) is 5.45. The quantitative estimate of drug-likeness (QED) is 0.618. The lowest BCUT2D eigenvalue weighted by Crippen LogP contribution is -2.40. The van der Waals surface area contributed by atoms with Gasteiger partial charge in [-0.3, -0.25) is 14.9 Å². The number of nitrogens with one attached hydrogen (secondary N) is 1. The zero-order chi connectivity index (χ0) is 15.3. The lowest BCUT2D eigenvalue weighted by molar-refractivity contribution is -0.384. The van der Waals surface area contributed by atoms with Gasteiger partial charge in [-0.05, 0) is 18.6 Å². The van der Waals surface area contributed by atoms with E-state index in [0.717, 1.165) is 12.1 Å². The lowest BCUT2D eigenvalue weighted by atomic mass is 10.1. The standard InChI is InChI=1S/C12H13ClN2O5/c1-2-3-9(12(17)18)14-11(16)7-4-5-10(15(19)20)8(13)6-7/h4-6,9H,2-3H2,1H3,(H,14,16)(H,17,18). The minimum atomic E-state index is -1.13. The van der Waals surface area contributed by atoms with Crippen LogP contribution < -0.4 is 5.32 Å². The SMILES string of the molecule is CCCC(NC(=O)c1ccc([N+](=O)[O-])c(Cl)c1)C(=O)O. The van der Waals surface area contributed by atoms with Crippen LogP contribution in [-0.2, 0) is 4.79 Å². The van der Waals surface area contributed by atoms with Crippen LogP contribution in [0.4, 0.5) is 5.69 Å². The van der Waals surface area contributed by atoms with Gasteiger partial charge in [0.05, 0.1) is 4.92 Å². The molecule has 1 rings (SSSR count). The molecule has 1 aromatic rings. The van der Waals surface area contributed by atoms with Crippen LogP contribution >= 0.6 is 11.6 Å². The smallest absolute Gasteiger partial charge is 0.326 e. The Morgan fingerprint density at radius 1 is 1.50 bits per heavy atom. The van der Waals surface area contributed by atoms with Crippen molar-refractivity contribution in [3.8, 4) is 0 Å². The van der Waals surface area contributed by atoms with Crippen molar-refractivity contribution in [3.05, 3.63) is 38.9 Å². The fraction of sp³-hybridized carbons (Fsp3) is 0.333. The van der Waals surface area contributed by atoms with E-state index >= 15 is 0 Å². The predicted molar refractivity (Wildman–Crippen MR) is 71.9 cm³/mol. The van der Waals surface area contributed by atoms with Crippen LogP contribution in [0.3, 0.4) is 0 Å². The minimum Gasteiger partial charge on any atom is -0.480 e. The summed E-state index contributed by atoms with van der Waals surface area (Å²) >= 11 is 5.69. The topological polar surface area (TPSA) is 110 Å². The largest absolute Gasteiger partial charge is 0.480 e. The van der Waals surface area contributed by atoms with Crippen LogP contribution in [0.15, 0.2) is 18.2 Å². The summed E-state index contributed by atoms with van der Waals surface area (Å²) in [5, 5.41) is 21.7. The molecule has 0 fully saturated rings. The summed E-state index contributed by atoms with van der Waals surface area (Å²) in [4.78, 5) is 32.7. The Hall–Kier alpha value is -2.15. The van der Waals surface area contributed by atoms with E-state index in [-0.39, 0.29) is 16.3 Å². The van der Waals surface area contributed by atoms with Crippen molar-refractivity contribution >= 4 is 29.2 Å². The molecule has 1 aromatic carbocycles. The first-order valence-electron chi connectivity index (χ1n) is 5.84. The molecule has 0 aromatic heterocycles. The monoisotopic (exact) mass is 300 g/mol. The summed E-state index contributed by atoms with van der Waals surface area (Å²) in [6, 6.07) is 2.47. The summed E-state index contributed by atoms with van der Waals surface area (Å²) in [6.07, 6.45) is 0.889. The Morgan fingerprint density at radius 3 is 2.60 bits per heavy atom. The molecule has 108 valence electrons. The van der Waals surface area contributed by atoms with Crippen LogP contribution in [-0.4, -0.2) is 27.9 Å². The van der Waals surface area contributed by atoms with Gasteiger partial charge in [0.2, 0.25) is 0 Å². The molecular weight excluding hydrogens is 288 g/mol. The van der Waals surface area contributed by atoms with Crippen LogP contribution in [0.5, 0.6) is 0 Å². The Balaban J connectivity index is 2.90. The third-order valence-corrected chi connectivity index (χ3v) is 2.89. The van der Waals surface area contributed by atoms with E-state index in [1.807, 2.05) is 0 Å². The first-order valence-corrected chi connectivity index (χ1v) is 6.22. The zero-order valence-electron chi connectivity index (χ0n) is 10.6. The number of hydrogen-bond acceptors (Lipinski definition) is 4. The van der Waals surface area contributed by atoms with Gasteiger partial charge in [-0.15, -0.1) is 0 Å². The van der Waals surface area contributed by atoms with Crippen molar-refractivity contribution < 1.29 is 19.6 Å². The van der Waals surface area contributed by atoms with Gasteiger partial charge >= 0.3 is 5.97 Å². The van der Waals surface area contributed by atoms with Crippen LogP contribution in [0, 0.1) is 10.1 Å². The van der Waals surface area contributed by atoms with Crippen LogP contribution in [0.1, 0.15) is 30.1 Å². The van der Waals surface area contributed by atoms with E-state index in [1.54, 1.807) is 6.92 Å². The molecule has 1 unspecified atom stereocenters. The molecule has 0 bridgehead atoms. The van der Waals surface area contributed by atoms with Crippen molar-refractivity contribution in [1.29, 1.82) is 0 Å². The number of amides is 1. The normalized spacial score (nSPS) is 11.7. The van der Waals surface area contributed by atoms with Gasteiger partial charge in [-0.1, -0.05) is 24.9 Å². The first-order chi connectivity index (χ1) is 9.36. The average molecular weight is 301 g/mol. The molecular formula is C12H13ClN2O5. The highest BCUT2D eigenvalue weighted by Crippen LogP contribution is 2.24. The van der Waals surface area contributed by atoms with E-state index in [1.165, 1.54) is 6.07 Å². The Labute approximate surface area is 119 Å². The lowest BCUT2D eigenvalue weighted by Gasteiger charge is -2.13. The number of nitro groups is 1. The highest BCUT2D eigenvalue weighted by molar-refractivity contribution is 6.33. The number of nitrogens with zero attached hydrogens (tertiary/aromatic N) is 1. The van der Waals surface area contributed by atoms with Gasteiger partial charge in [-0.2, -0.15) is 0 Å². The maximum Gasteiger partial charge on any atom is 0.326 e. The number of aliphatic carboxylic acids is 1. The zero-order valence-corrected chi connectivity index (χ0v) is 11.4. The van der Waals surface area contributed by atoms with Crippen molar-refractivity contribution in [1.82, 2.24) is 5.32 Å². The number of nitro benzene ring substituents is 1. The number of hydrogen-bond donors (Lipinski definition) is 2. The average Bonchev–Trinajstić information content (AvgIpc) is 2.37. The van der Waals surface area contributed by atoms with E-state index in [2.05, 4.69) is 5.32 Å². The molecule has 20 heavy (non-hydrogen) atoms. The van der Waals surface area contributed by atoms with E-state index in [4.69, 9.17) is 16.7 Å². The fourth-order valence-corrected chi connectivity index (χ4v) is 1.83. The third kappa shape index (κ3) is 3.92. The van der Waals surface area contributed by atoms with Gasteiger partial charge in [0.15, 0.2) is 0 Å². The molecule has 0 radical (unpaired) electrons. The van der Waals surface area contributed by atoms with Gasteiger partial charge < -0.3 is 10.4 Å². The van der Waals surface area contributed by atoms with Gasteiger partial charge in [-0.25, -0.2) is 4.79 Å². The molecule has 7 nitrogen and oxygen atoms in total. The number of carbonyl (C=O) groups is 2. The molecule has 1 amide bonds. The minimum absolute atomic E-state index is 0.0722. The van der Waals surface area contributed by atoms with E-state index in [0.29, 0.717) is 12.8 Å². The summed E-state index contributed by atoms with van der Waals surface area (Å²) in [5.74, 6) is -1.77. The summed E-state index contributed by atoms with van der Waals surface area (Å²) in [7, 11) is 0. The molecule has 0 spiro atoms. The van der Waals surface area contributed by atoms with Crippen LogP contribution in [0.2, 0.25) is 5.02 Å². The molecule has 1 atom stereocenters. The fourth-order valence-electron chi connectivity index (χ4n) is 1.58. The molecule has 0 aliphatic carbocycles. The molecule has 0 saturated heterocycles. The van der Waals surface area contributed by atoms with Crippen molar-refractivity contribution in [3.63, 3.8) is 0 Å². The molecule has 0 saturated carbocycles. The molecule has 0 aliphatic rings. The van der Waals surface area contributed by atoms with Gasteiger partial charge in [0.25, 0.3) is 11.6 Å². The maximum atomic E-state index is 11.9. The second-order valence-corrected chi connectivity index (χ2v) is 4.48. The maximum absolute atomic E-state index is 11.9. The second kappa shape index (κ2) is 6.85. The second-order valence-electron chi connectivity index (χ2n) is 4.08. The summed E-state index contributed by atoms with van der Waals surface area (Å²) in [5.41, 5.74) is -0.241. The summed E-state index contributed by atoms with van der Waals surface area (Å²) < 4.78 is 0. The van der Waals surface area contributed by atoms with Crippen LogP contribution in [0.25, 0.3) is 0 Å². The summed E-state index contributed by atoms with van der Waals surface area (Å²) in [6.45, 7) is 1.80. The number of carbonyl (C=O) groups excluding carboxylic acids is 1. The number of rotatable bonds is 6. The number of halogens is 1. The molecule has 8 heteroatoms. The van der Waals surface area contributed by atoms with Crippen molar-refractivity contribution in [2.75, 3.05) is 0 Å². The van der Waals surface area contributed by atoms with Crippen molar-refractivity contribution in [2.24, 2.45) is 0 Å². The highest BCUT2D eigenvalue weighted by atomic mass is 35.5. The predicted octanol–water partition coefficient (Wildman–Crippen LogP) is 2.23. The third-order valence-electron chi connectivity index (χ3n) is 2.59. The number of benzene rings is 1. The Bertz CT molecular complexity index is 547.